The third-order valence-electron chi connectivity index (χ3n) is 3.96. The molecule has 2 aromatic carbocycles. The van der Waals surface area contributed by atoms with Crippen LogP contribution in [-0.4, -0.2) is 36.2 Å². The van der Waals surface area contributed by atoms with E-state index in [1.165, 1.54) is 12.1 Å². The van der Waals surface area contributed by atoms with Gasteiger partial charge in [0.25, 0.3) is 0 Å². The first-order chi connectivity index (χ1) is 13.3. The second-order valence-corrected chi connectivity index (χ2v) is 7.49. The molecule has 5 N–H and O–H groups in total. The second-order valence-electron chi connectivity index (χ2n) is 5.93. The van der Waals surface area contributed by atoms with E-state index in [0.29, 0.717) is 22.1 Å². The minimum absolute atomic E-state index is 0.0189. The van der Waals surface area contributed by atoms with E-state index in [1.807, 2.05) is 30.3 Å². The van der Waals surface area contributed by atoms with Gasteiger partial charge in [-0.15, -0.1) is 0 Å². The van der Waals surface area contributed by atoms with Crippen LogP contribution in [0.3, 0.4) is 0 Å². The summed E-state index contributed by atoms with van der Waals surface area (Å²) in [5.41, 5.74) is 6.93. The van der Waals surface area contributed by atoms with Gasteiger partial charge in [-0.3, -0.25) is 5.21 Å². The summed E-state index contributed by atoms with van der Waals surface area (Å²) in [6.07, 6.45) is 0.133. The molecule has 0 radical (unpaired) electrons. The maximum Gasteiger partial charge on any atom is 0.338 e. The van der Waals surface area contributed by atoms with E-state index >= 15 is 0 Å². The minimum atomic E-state index is -3.81. The van der Waals surface area contributed by atoms with Crippen LogP contribution in [0.25, 0.3) is 22.6 Å². The molecule has 1 aromatic heterocycles. The summed E-state index contributed by atoms with van der Waals surface area (Å²) < 4.78 is 28.7. The topological polar surface area (TPSA) is 153 Å². The fourth-order valence-corrected chi connectivity index (χ4v) is 3.08. The van der Waals surface area contributed by atoms with E-state index in [0.717, 1.165) is 5.56 Å². The van der Waals surface area contributed by atoms with Crippen LogP contribution in [0.1, 0.15) is 5.89 Å². The van der Waals surface area contributed by atoms with Gasteiger partial charge in [0.2, 0.25) is 10.0 Å². The van der Waals surface area contributed by atoms with Crippen molar-refractivity contribution in [3.8, 4) is 22.6 Å². The summed E-state index contributed by atoms with van der Waals surface area (Å²) >= 11 is 0. The number of nitrogens with zero attached hydrogens (tertiary/aromatic N) is 2. The van der Waals surface area contributed by atoms with Gasteiger partial charge in [0.15, 0.2) is 11.7 Å². The molecule has 146 valence electrons. The molecule has 0 bridgehead atoms. The number of primary amides is 1. The molecule has 3 rings (SSSR count). The van der Waals surface area contributed by atoms with Crippen molar-refractivity contribution in [3.63, 3.8) is 0 Å². The number of aromatic nitrogens is 1. The van der Waals surface area contributed by atoms with Crippen LogP contribution in [0.2, 0.25) is 0 Å². The fourth-order valence-electron chi connectivity index (χ4n) is 2.57. The number of carbonyl (C=O) groups excluding carboxylic acids is 1. The van der Waals surface area contributed by atoms with E-state index in [1.54, 1.807) is 12.1 Å². The van der Waals surface area contributed by atoms with Gasteiger partial charge >= 0.3 is 6.03 Å². The molecule has 0 aliphatic carbocycles. The van der Waals surface area contributed by atoms with Gasteiger partial charge in [0.1, 0.15) is 5.69 Å². The number of benzene rings is 2. The zero-order valence-corrected chi connectivity index (χ0v) is 15.5. The maximum atomic E-state index is 11.5. The third-order valence-corrected chi connectivity index (χ3v) is 4.88. The first-order valence-electron chi connectivity index (χ1n) is 8.20. The van der Waals surface area contributed by atoms with Crippen LogP contribution < -0.4 is 10.9 Å². The van der Waals surface area contributed by atoms with Gasteiger partial charge in [0.05, 0.1) is 11.4 Å². The zero-order chi connectivity index (χ0) is 20.3. The molecule has 0 aliphatic rings. The Morgan fingerprint density at radius 1 is 1.07 bits per heavy atom. The van der Waals surface area contributed by atoms with Crippen molar-refractivity contribution < 1.29 is 22.8 Å². The molecule has 0 unspecified atom stereocenters. The lowest BCUT2D eigenvalue weighted by Gasteiger charge is -2.09. The number of primary sulfonamides is 1. The highest BCUT2D eigenvalue weighted by molar-refractivity contribution is 7.89. The number of hydrogen-bond acceptors (Lipinski definition) is 6. The number of rotatable bonds is 6. The second kappa shape index (κ2) is 7.80. The van der Waals surface area contributed by atoms with Crippen LogP contribution in [0, 0.1) is 0 Å². The number of carbonyl (C=O) groups is 1. The van der Waals surface area contributed by atoms with Crippen molar-refractivity contribution in [2.24, 2.45) is 10.9 Å². The van der Waals surface area contributed by atoms with E-state index in [2.05, 4.69) is 4.98 Å². The van der Waals surface area contributed by atoms with E-state index < -0.39 is 16.1 Å². The molecule has 1 heterocycles. The SMILES string of the molecule is NC(=O)N(O)CCc1nc(-c2ccccc2)c(-c2ccc(S(N)(=O)=O)cc2)o1. The van der Waals surface area contributed by atoms with Crippen molar-refractivity contribution in [2.45, 2.75) is 11.3 Å². The molecular formula is C18H18N4O5S. The van der Waals surface area contributed by atoms with Crippen LogP contribution in [0.15, 0.2) is 63.9 Å². The lowest BCUT2D eigenvalue weighted by Crippen LogP contribution is -2.34. The number of hydrogen-bond donors (Lipinski definition) is 3. The van der Waals surface area contributed by atoms with E-state index in [9.17, 15) is 18.4 Å². The zero-order valence-electron chi connectivity index (χ0n) is 14.6. The van der Waals surface area contributed by atoms with Crippen LogP contribution >= 0.6 is 0 Å². The summed E-state index contributed by atoms with van der Waals surface area (Å²) in [7, 11) is -3.81. The van der Waals surface area contributed by atoms with Crippen molar-refractivity contribution in [1.82, 2.24) is 10.0 Å². The predicted molar refractivity (Wildman–Crippen MR) is 101 cm³/mol. The highest BCUT2D eigenvalue weighted by Gasteiger charge is 2.18. The van der Waals surface area contributed by atoms with Crippen molar-refractivity contribution >= 4 is 16.1 Å². The monoisotopic (exact) mass is 402 g/mol. The largest absolute Gasteiger partial charge is 0.440 e. The minimum Gasteiger partial charge on any atom is -0.440 e. The van der Waals surface area contributed by atoms with Crippen LogP contribution in [0.5, 0.6) is 0 Å². The van der Waals surface area contributed by atoms with Crippen molar-refractivity contribution in [3.05, 3.63) is 60.5 Å². The maximum absolute atomic E-state index is 11.5. The first kappa shape index (κ1) is 19.5. The number of hydroxylamine groups is 2. The molecular weight excluding hydrogens is 384 g/mol. The number of oxazole rings is 1. The van der Waals surface area contributed by atoms with Gasteiger partial charge < -0.3 is 10.2 Å². The highest BCUT2D eigenvalue weighted by Crippen LogP contribution is 2.33. The van der Waals surface area contributed by atoms with Gasteiger partial charge in [-0.25, -0.2) is 28.4 Å². The quantitative estimate of drug-likeness (QED) is 0.423. The molecule has 0 saturated carbocycles. The Bertz CT molecular complexity index is 1080. The van der Waals surface area contributed by atoms with Crippen molar-refractivity contribution in [2.75, 3.05) is 6.54 Å². The lowest BCUT2D eigenvalue weighted by molar-refractivity contribution is -0.0392. The standard InChI is InChI=1S/C18H18N4O5S/c19-18(23)22(24)11-10-15-21-16(12-4-2-1-3-5-12)17(27-15)13-6-8-14(9-7-13)28(20,25)26/h1-9,24H,10-11H2,(H2,19,23)(H2,20,25,26). The van der Waals surface area contributed by atoms with Crippen molar-refractivity contribution in [1.29, 1.82) is 0 Å². The normalized spacial score (nSPS) is 11.4. The lowest BCUT2D eigenvalue weighted by atomic mass is 10.1. The summed E-state index contributed by atoms with van der Waals surface area (Å²) in [6.45, 7) is -0.0894. The molecule has 28 heavy (non-hydrogen) atoms. The summed E-state index contributed by atoms with van der Waals surface area (Å²) in [5, 5.41) is 14.9. The van der Waals surface area contributed by atoms with Gasteiger partial charge in [-0.2, -0.15) is 0 Å². The van der Waals surface area contributed by atoms with E-state index in [-0.39, 0.29) is 23.8 Å². The molecule has 0 atom stereocenters. The summed E-state index contributed by atoms with van der Waals surface area (Å²) in [4.78, 5) is 15.4. The Morgan fingerprint density at radius 2 is 1.71 bits per heavy atom. The predicted octanol–water partition coefficient (Wildman–Crippen LogP) is 1.97. The molecule has 0 fully saturated rings. The Hall–Kier alpha value is -3.21. The average molecular weight is 402 g/mol. The molecule has 0 saturated heterocycles. The summed E-state index contributed by atoms with van der Waals surface area (Å²) in [6, 6.07) is 14.2. The third kappa shape index (κ3) is 4.36. The number of amides is 2. The molecule has 2 amide bonds. The molecule has 3 aromatic rings. The smallest absolute Gasteiger partial charge is 0.338 e. The molecule has 0 spiro atoms. The van der Waals surface area contributed by atoms with E-state index in [4.69, 9.17) is 15.3 Å². The Morgan fingerprint density at radius 3 is 2.29 bits per heavy atom. The Kier molecular flexibility index (Phi) is 5.45. The average Bonchev–Trinajstić information content (AvgIpc) is 3.10. The molecule has 0 aliphatic heterocycles. The van der Waals surface area contributed by atoms with Gasteiger partial charge in [0, 0.05) is 17.5 Å². The Labute approximate surface area is 161 Å². The number of urea groups is 1. The first-order valence-corrected chi connectivity index (χ1v) is 9.74. The van der Waals surface area contributed by atoms with Crippen LogP contribution in [-0.2, 0) is 16.4 Å². The fraction of sp³-hybridized carbons (Fsp3) is 0.111. The molecule has 10 heteroatoms. The highest BCUT2D eigenvalue weighted by atomic mass is 32.2. The van der Waals surface area contributed by atoms with Crippen LogP contribution in [0.4, 0.5) is 4.79 Å². The summed E-state index contributed by atoms with van der Waals surface area (Å²) in [5.74, 6) is 0.704. The number of sulfonamides is 1. The van der Waals surface area contributed by atoms with Gasteiger partial charge in [-0.05, 0) is 24.3 Å². The number of nitrogens with two attached hydrogens (primary N) is 2. The Balaban J connectivity index is 2.00. The molecule has 9 nitrogen and oxygen atoms in total. The van der Waals surface area contributed by atoms with Gasteiger partial charge in [-0.1, -0.05) is 30.3 Å².